The van der Waals surface area contributed by atoms with E-state index in [9.17, 15) is 13.6 Å². The van der Waals surface area contributed by atoms with E-state index in [2.05, 4.69) is 20.6 Å². The van der Waals surface area contributed by atoms with Crippen LogP contribution in [0, 0.1) is 11.6 Å². The van der Waals surface area contributed by atoms with Crippen molar-refractivity contribution in [1.82, 2.24) is 25.1 Å². The van der Waals surface area contributed by atoms with Gasteiger partial charge < -0.3 is 14.8 Å². The highest BCUT2D eigenvalue weighted by Crippen LogP contribution is 2.23. The first-order valence-corrected chi connectivity index (χ1v) is 9.28. The topological polar surface area (TPSA) is 90.6 Å². The number of ether oxygens (including phenoxy) is 2. The monoisotopic (exact) mass is 425 g/mol. The van der Waals surface area contributed by atoms with E-state index in [1.807, 2.05) is 24.3 Å². The molecule has 31 heavy (non-hydrogen) atoms. The van der Waals surface area contributed by atoms with Gasteiger partial charge in [-0.25, -0.2) is 8.78 Å². The van der Waals surface area contributed by atoms with E-state index in [-0.39, 0.29) is 19.0 Å². The van der Waals surface area contributed by atoms with E-state index in [1.54, 1.807) is 19.2 Å². The maximum Gasteiger partial charge on any atom is 0.257 e. The van der Waals surface area contributed by atoms with Crippen molar-refractivity contribution in [3.63, 3.8) is 0 Å². The quantitative estimate of drug-likeness (QED) is 0.458. The predicted octanol–water partition coefficient (Wildman–Crippen LogP) is 2.89. The van der Waals surface area contributed by atoms with E-state index in [4.69, 9.17) is 9.47 Å². The van der Waals surface area contributed by atoms with Gasteiger partial charge in [0.25, 0.3) is 5.91 Å². The second kappa shape index (κ2) is 8.74. The first-order chi connectivity index (χ1) is 15.1. The molecule has 4 aromatic rings. The van der Waals surface area contributed by atoms with Crippen LogP contribution in [0.2, 0.25) is 0 Å². The average Bonchev–Trinajstić information content (AvgIpc) is 3.20. The van der Waals surface area contributed by atoms with Crippen molar-refractivity contribution >= 4 is 11.6 Å². The van der Waals surface area contributed by atoms with Crippen LogP contribution in [-0.4, -0.2) is 46.0 Å². The molecule has 1 amide bonds. The van der Waals surface area contributed by atoms with E-state index >= 15 is 0 Å². The third-order valence-electron chi connectivity index (χ3n) is 4.39. The fraction of sp³-hybridized carbons (Fsp3) is 0.143. The zero-order valence-electron chi connectivity index (χ0n) is 16.4. The number of hydrogen-bond donors (Lipinski definition) is 1. The first kappa shape index (κ1) is 20.2. The van der Waals surface area contributed by atoms with E-state index in [0.29, 0.717) is 17.2 Å². The molecule has 0 spiro atoms. The van der Waals surface area contributed by atoms with Crippen molar-refractivity contribution < 1.29 is 23.0 Å². The lowest BCUT2D eigenvalue weighted by atomic mass is 10.2. The summed E-state index contributed by atoms with van der Waals surface area (Å²) in [6.07, 6.45) is 0. The van der Waals surface area contributed by atoms with Crippen molar-refractivity contribution in [2.24, 2.45) is 0 Å². The summed E-state index contributed by atoms with van der Waals surface area (Å²) in [4.78, 5) is 12.0. The summed E-state index contributed by atoms with van der Waals surface area (Å²) in [5.74, 6) is -1.28. The van der Waals surface area contributed by atoms with Crippen LogP contribution < -0.4 is 14.8 Å². The third-order valence-corrected chi connectivity index (χ3v) is 4.39. The highest BCUT2D eigenvalue weighted by molar-refractivity contribution is 5.94. The predicted molar refractivity (Wildman–Crippen MR) is 107 cm³/mol. The van der Waals surface area contributed by atoms with Gasteiger partial charge in [0.05, 0.1) is 13.7 Å². The van der Waals surface area contributed by atoms with Crippen molar-refractivity contribution in [3.05, 3.63) is 71.8 Å². The third kappa shape index (κ3) is 4.27. The van der Waals surface area contributed by atoms with E-state index in [1.165, 1.54) is 10.6 Å². The number of nitrogens with zero attached hydrogens (tertiary/aromatic N) is 4. The number of rotatable bonds is 7. The summed E-state index contributed by atoms with van der Waals surface area (Å²) in [6, 6.07) is 13.8. The highest BCUT2D eigenvalue weighted by Gasteiger charge is 2.16. The Hall–Kier alpha value is -4.08. The van der Waals surface area contributed by atoms with Crippen LogP contribution >= 0.6 is 0 Å². The van der Waals surface area contributed by atoms with Gasteiger partial charge in [-0.3, -0.25) is 4.79 Å². The smallest absolute Gasteiger partial charge is 0.257 e. The molecule has 0 aliphatic rings. The summed E-state index contributed by atoms with van der Waals surface area (Å²) < 4.78 is 39.6. The van der Waals surface area contributed by atoms with Crippen LogP contribution in [0.15, 0.2) is 54.6 Å². The summed E-state index contributed by atoms with van der Waals surface area (Å²) in [7, 11) is 1.57. The molecule has 2 heterocycles. The van der Waals surface area contributed by atoms with Gasteiger partial charge in [-0.1, -0.05) is 18.2 Å². The summed E-state index contributed by atoms with van der Waals surface area (Å²) in [5.41, 5.74) is 0.652. The van der Waals surface area contributed by atoms with Crippen molar-refractivity contribution in [1.29, 1.82) is 0 Å². The molecule has 0 radical (unpaired) electrons. The molecule has 0 saturated heterocycles. The maximum atomic E-state index is 13.7. The van der Waals surface area contributed by atoms with Crippen molar-refractivity contribution in [3.8, 4) is 23.0 Å². The molecule has 1 N–H and O–H groups in total. The maximum absolute atomic E-state index is 13.7. The van der Waals surface area contributed by atoms with Gasteiger partial charge in [-0.15, -0.1) is 15.3 Å². The molecule has 0 fully saturated rings. The SMILES string of the molecule is COc1cccc(-c2nnc3ccc(OCCNC(=O)c4c(F)cccc4F)nn23)c1. The van der Waals surface area contributed by atoms with Crippen molar-refractivity contribution in [2.45, 2.75) is 0 Å². The van der Waals surface area contributed by atoms with Crippen molar-refractivity contribution in [2.75, 3.05) is 20.3 Å². The Morgan fingerprint density at radius 2 is 1.84 bits per heavy atom. The molecule has 0 aliphatic carbocycles. The minimum absolute atomic E-state index is 0.0250. The van der Waals surface area contributed by atoms with Crippen LogP contribution in [0.4, 0.5) is 8.78 Å². The van der Waals surface area contributed by atoms with Gasteiger partial charge in [0, 0.05) is 11.6 Å². The lowest BCUT2D eigenvalue weighted by molar-refractivity contribution is 0.0938. The van der Waals surface area contributed by atoms with Crippen LogP contribution in [0.3, 0.4) is 0 Å². The Balaban J connectivity index is 1.43. The molecule has 0 bridgehead atoms. The Morgan fingerprint density at radius 1 is 1.06 bits per heavy atom. The highest BCUT2D eigenvalue weighted by atomic mass is 19.1. The molecular formula is C21H17F2N5O3. The zero-order valence-corrected chi connectivity index (χ0v) is 16.4. The van der Waals surface area contributed by atoms with Crippen LogP contribution in [0.25, 0.3) is 17.0 Å². The number of fused-ring (bicyclic) bond motifs is 1. The lowest BCUT2D eigenvalue weighted by Crippen LogP contribution is -2.29. The summed E-state index contributed by atoms with van der Waals surface area (Å²) >= 11 is 0. The molecule has 158 valence electrons. The molecule has 0 saturated carbocycles. The number of carbonyl (C=O) groups excluding carboxylic acids is 1. The molecule has 10 heteroatoms. The second-order valence-electron chi connectivity index (χ2n) is 6.40. The Morgan fingerprint density at radius 3 is 2.61 bits per heavy atom. The number of aromatic nitrogens is 4. The van der Waals surface area contributed by atoms with Gasteiger partial charge in [0.2, 0.25) is 5.88 Å². The number of halogens is 2. The molecule has 0 aliphatic heterocycles. The average molecular weight is 425 g/mol. The standard InChI is InChI=1S/C21H17F2N5O3/c1-30-14-5-2-4-13(12-14)20-26-25-17-8-9-18(27-28(17)20)31-11-10-24-21(29)19-15(22)6-3-7-16(19)23/h2-9,12H,10-11H2,1H3,(H,24,29). The number of hydrogen-bond acceptors (Lipinski definition) is 6. The fourth-order valence-corrected chi connectivity index (χ4v) is 2.91. The molecular weight excluding hydrogens is 408 g/mol. The van der Waals surface area contributed by atoms with Gasteiger partial charge in [0.15, 0.2) is 11.5 Å². The van der Waals surface area contributed by atoms with Gasteiger partial charge >= 0.3 is 0 Å². The molecule has 4 rings (SSSR count). The van der Waals surface area contributed by atoms with Gasteiger partial charge in [-0.05, 0) is 30.3 Å². The molecule has 0 unspecified atom stereocenters. The summed E-state index contributed by atoms with van der Waals surface area (Å²) in [5, 5.41) is 15.0. The number of methoxy groups -OCH3 is 1. The van der Waals surface area contributed by atoms with Crippen LogP contribution in [0.5, 0.6) is 11.6 Å². The van der Waals surface area contributed by atoms with Crippen LogP contribution in [-0.2, 0) is 0 Å². The number of carbonyl (C=O) groups is 1. The largest absolute Gasteiger partial charge is 0.497 e. The summed E-state index contributed by atoms with van der Waals surface area (Å²) in [6.45, 7) is 0.0637. The van der Waals surface area contributed by atoms with Gasteiger partial charge in [-0.2, -0.15) is 4.52 Å². The molecule has 2 aromatic heterocycles. The minimum atomic E-state index is -0.928. The fourth-order valence-electron chi connectivity index (χ4n) is 2.91. The number of nitrogens with one attached hydrogen (secondary N) is 1. The normalized spacial score (nSPS) is 10.8. The van der Waals surface area contributed by atoms with E-state index in [0.717, 1.165) is 17.7 Å². The molecule has 2 aromatic carbocycles. The van der Waals surface area contributed by atoms with Gasteiger partial charge in [0.1, 0.15) is 29.6 Å². The minimum Gasteiger partial charge on any atom is -0.497 e. The Labute approximate surface area is 175 Å². The zero-order chi connectivity index (χ0) is 21.8. The Bertz CT molecular complexity index is 1220. The first-order valence-electron chi connectivity index (χ1n) is 9.28. The Kier molecular flexibility index (Phi) is 5.69. The molecule has 8 nitrogen and oxygen atoms in total. The number of amides is 1. The lowest BCUT2D eigenvalue weighted by Gasteiger charge is -2.09. The molecule has 0 atom stereocenters. The number of benzene rings is 2. The van der Waals surface area contributed by atoms with E-state index < -0.39 is 23.1 Å². The second-order valence-corrected chi connectivity index (χ2v) is 6.40. The van der Waals surface area contributed by atoms with Crippen LogP contribution in [0.1, 0.15) is 10.4 Å².